The van der Waals surface area contributed by atoms with E-state index < -0.39 is 11.5 Å². The van der Waals surface area contributed by atoms with Crippen LogP contribution in [-0.2, 0) is 16.0 Å². The number of aliphatic carboxylic acids is 1. The highest BCUT2D eigenvalue weighted by atomic mass is 35.5. The summed E-state index contributed by atoms with van der Waals surface area (Å²) in [5.41, 5.74) is -0.623. The van der Waals surface area contributed by atoms with E-state index in [4.69, 9.17) is 16.3 Å². The summed E-state index contributed by atoms with van der Waals surface area (Å²) in [7, 11) is 1.51. The van der Waals surface area contributed by atoms with Crippen LogP contribution in [-0.4, -0.2) is 29.6 Å². The Bertz CT molecular complexity index is 604. The number of carboxylic acids is 1. The van der Waals surface area contributed by atoms with Gasteiger partial charge in [0.05, 0.1) is 13.5 Å². The number of benzene rings is 1. The molecule has 2 unspecified atom stereocenters. The summed E-state index contributed by atoms with van der Waals surface area (Å²) in [4.78, 5) is 24.3. The molecule has 1 aliphatic rings. The highest BCUT2D eigenvalue weighted by molar-refractivity contribution is 6.31. The first-order valence-electron chi connectivity index (χ1n) is 7.76. The number of hydrogen-bond donors (Lipinski definition) is 2. The van der Waals surface area contributed by atoms with Crippen LogP contribution in [0.15, 0.2) is 18.2 Å². The summed E-state index contributed by atoms with van der Waals surface area (Å²) in [6.45, 7) is 1.88. The van der Waals surface area contributed by atoms with E-state index in [0.29, 0.717) is 22.8 Å². The van der Waals surface area contributed by atoms with Gasteiger partial charge in [-0.05, 0) is 30.9 Å². The molecule has 0 spiro atoms. The minimum atomic E-state index is -1.19. The lowest BCUT2D eigenvalue weighted by molar-refractivity contribution is -0.151. The summed E-state index contributed by atoms with van der Waals surface area (Å²) < 4.78 is 5.23. The van der Waals surface area contributed by atoms with Crippen LogP contribution in [0.1, 0.15) is 38.2 Å². The number of nitrogens with one attached hydrogen (secondary N) is 1. The van der Waals surface area contributed by atoms with Gasteiger partial charge >= 0.3 is 5.97 Å². The molecule has 6 heteroatoms. The van der Waals surface area contributed by atoms with Crippen molar-refractivity contribution < 1.29 is 19.4 Å². The number of carboxylic acid groups (broad SMARTS) is 1. The minimum Gasteiger partial charge on any atom is -0.496 e. The third kappa shape index (κ3) is 3.61. The van der Waals surface area contributed by atoms with Crippen molar-refractivity contribution in [2.24, 2.45) is 5.92 Å². The summed E-state index contributed by atoms with van der Waals surface area (Å²) >= 11 is 6.14. The van der Waals surface area contributed by atoms with Crippen molar-refractivity contribution in [2.75, 3.05) is 7.11 Å². The van der Waals surface area contributed by atoms with Gasteiger partial charge in [-0.2, -0.15) is 0 Å². The topological polar surface area (TPSA) is 75.6 Å². The Morgan fingerprint density at radius 1 is 1.43 bits per heavy atom. The summed E-state index contributed by atoms with van der Waals surface area (Å²) in [5, 5.41) is 12.9. The molecule has 0 aliphatic heterocycles. The van der Waals surface area contributed by atoms with Gasteiger partial charge in [-0.1, -0.05) is 37.4 Å². The Morgan fingerprint density at radius 3 is 2.78 bits per heavy atom. The number of ether oxygens (including phenoxy) is 1. The van der Waals surface area contributed by atoms with Gasteiger partial charge in [-0.25, -0.2) is 4.79 Å². The lowest BCUT2D eigenvalue weighted by atomic mass is 9.73. The smallest absolute Gasteiger partial charge is 0.329 e. The number of amides is 1. The molecule has 23 heavy (non-hydrogen) atoms. The Balaban J connectivity index is 2.19. The van der Waals surface area contributed by atoms with Gasteiger partial charge in [0.2, 0.25) is 5.91 Å². The number of hydrogen-bond acceptors (Lipinski definition) is 3. The van der Waals surface area contributed by atoms with Gasteiger partial charge < -0.3 is 15.2 Å². The second kappa shape index (κ2) is 7.21. The van der Waals surface area contributed by atoms with Gasteiger partial charge in [-0.15, -0.1) is 0 Å². The van der Waals surface area contributed by atoms with Crippen molar-refractivity contribution in [1.29, 1.82) is 0 Å². The van der Waals surface area contributed by atoms with Crippen LogP contribution in [0.4, 0.5) is 0 Å². The average Bonchev–Trinajstić information content (AvgIpc) is 2.51. The molecule has 1 aliphatic carbocycles. The van der Waals surface area contributed by atoms with E-state index in [1.54, 1.807) is 18.2 Å². The van der Waals surface area contributed by atoms with Gasteiger partial charge in [0.25, 0.3) is 0 Å². The molecule has 2 atom stereocenters. The SMILES string of the molecule is COc1cccc(Cl)c1CC(=O)NC1(C(=O)O)CCCCC1C. The fourth-order valence-corrected chi connectivity index (χ4v) is 3.49. The second-order valence-electron chi connectivity index (χ2n) is 6.07. The van der Waals surface area contributed by atoms with E-state index >= 15 is 0 Å². The monoisotopic (exact) mass is 339 g/mol. The maximum atomic E-state index is 12.5. The van der Waals surface area contributed by atoms with Crippen molar-refractivity contribution in [2.45, 2.75) is 44.6 Å². The van der Waals surface area contributed by atoms with Gasteiger partial charge in [0.15, 0.2) is 0 Å². The normalized spacial score (nSPS) is 24.0. The zero-order valence-electron chi connectivity index (χ0n) is 13.4. The van der Waals surface area contributed by atoms with Crippen LogP contribution in [0.3, 0.4) is 0 Å². The molecule has 5 nitrogen and oxygen atoms in total. The lowest BCUT2D eigenvalue weighted by Gasteiger charge is -2.39. The molecule has 1 saturated carbocycles. The van der Waals surface area contributed by atoms with Crippen LogP contribution in [0.5, 0.6) is 5.75 Å². The highest BCUT2D eigenvalue weighted by Crippen LogP contribution is 2.34. The van der Waals surface area contributed by atoms with E-state index in [9.17, 15) is 14.7 Å². The molecule has 1 aromatic carbocycles. The molecule has 0 aromatic heterocycles. The van der Waals surface area contributed by atoms with Crippen molar-refractivity contribution in [1.82, 2.24) is 5.32 Å². The molecule has 0 heterocycles. The predicted molar refractivity (Wildman–Crippen MR) is 87.8 cm³/mol. The van der Waals surface area contributed by atoms with Crippen molar-refractivity contribution in [3.63, 3.8) is 0 Å². The first-order chi connectivity index (χ1) is 10.9. The first kappa shape index (κ1) is 17.6. The zero-order valence-corrected chi connectivity index (χ0v) is 14.2. The molecule has 0 bridgehead atoms. The van der Waals surface area contributed by atoms with Crippen molar-refractivity contribution in [3.8, 4) is 5.75 Å². The standard InChI is InChI=1S/C17H22ClNO4/c1-11-6-3-4-9-17(11,16(21)22)19-15(20)10-12-13(18)7-5-8-14(12)23-2/h5,7-8,11H,3-4,6,9-10H2,1-2H3,(H,19,20)(H,21,22). The predicted octanol–water partition coefficient (Wildman–Crippen LogP) is 3.04. The van der Waals surface area contributed by atoms with Gasteiger partial charge in [-0.3, -0.25) is 4.79 Å². The molecule has 1 amide bonds. The lowest BCUT2D eigenvalue weighted by Crippen LogP contribution is -2.60. The molecule has 126 valence electrons. The molecular weight excluding hydrogens is 318 g/mol. The minimum absolute atomic E-state index is 0.00933. The van der Waals surface area contributed by atoms with E-state index in [1.807, 2.05) is 6.92 Å². The quantitative estimate of drug-likeness (QED) is 0.864. The summed E-state index contributed by atoms with van der Waals surface area (Å²) in [6, 6.07) is 5.15. The van der Waals surface area contributed by atoms with E-state index in [1.165, 1.54) is 7.11 Å². The molecular formula is C17H22ClNO4. The Morgan fingerprint density at radius 2 is 2.17 bits per heavy atom. The third-order valence-corrected chi connectivity index (χ3v) is 5.03. The van der Waals surface area contributed by atoms with Crippen molar-refractivity contribution in [3.05, 3.63) is 28.8 Å². The van der Waals surface area contributed by atoms with Crippen LogP contribution < -0.4 is 10.1 Å². The highest BCUT2D eigenvalue weighted by Gasteiger charge is 2.46. The van der Waals surface area contributed by atoms with E-state index in [-0.39, 0.29) is 18.2 Å². The van der Waals surface area contributed by atoms with Crippen LogP contribution in [0.2, 0.25) is 5.02 Å². The number of carbonyl (C=O) groups excluding carboxylic acids is 1. The molecule has 2 N–H and O–H groups in total. The molecule has 0 radical (unpaired) electrons. The van der Waals surface area contributed by atoms with Crippen LogP contribution in [0, 0.1) is 5.92 Å². The Labute approximate surface area is 141 Å². The molecule has 0 saturated heterocycles. The average molecular weight is 340 g/mol. The van der Waals surface area contributed by atoms with Crippen molar-refractivity contribution >= 4 is 23.5 Å². The maximum Gasteiger partial charge on any atom is 0.329 e. The molecule has 1 aromatic rings. The van der Waals surface area contributed by atoms with Gasteiger partial charge in [0.1, 0.15) is 11.3 Å². The third-order valence-electron chi connectivity index (χ3n) is 4.68. The van der Waals surface area contributed by atoms with Crippen LogP contribution >= 0.6 is 11.6 Å². The maximum absolute atomic E-state index is 12.5. The number of carbonyl (C=O) groups is 2. The largest absolute Gasteiger partial charge is 0.496 e. The second-order valence-corrected chi connectivity index (χ2v) is 6.48. The number of halogens is 1. The zero-order chi connectivity index (χ0) is 17.0. The van der Waals surface area contributed by atoms with Gasteiger partial charge in [0, 0.05) is 10.6 Å². The summed E-state index contributed by atoms with van der Waals surface area (Å²) in [5.74, 6) is -0.906. The summed E-state index contributed by atoms with van der Waals surface area (Å²) in [6.07, 6.45) is 3.03. The first-order valence-corrected chi connectivity index (χ1v) is 8.14. The molecule has 2 rings (SSSR count). The number of methoxy groups -OCH3 is 1. The van der Waals surface area contributed by atoms with E-state index in [0.717, 1.165) is 19.3 Å². The van der Waals surface area contributed by atoms with Crippen LogP contribution in [0.25, 0.3) is 0 Å². The molecule has 1 fully saturated rings. The van der Waals surface area contributed by atoms with E-state index in [2.05, 4.69) is 5.32 Å². The number of rotatable bonds is 5. The Kier molecular flexibility index (Phi) is 5.52. The fraction of sp³-hybridized carbons (Fsp3) is 0.529. The Hall–Kier alpha value is -1.75. The fourth-order valence-electron chi connectivity index (χ4n) is 3.26.